The van der Waals surface area contributed by atoms with Crippen LogP contribution in [0.15, 0.2) is 23.1 Å². The summed E-state index contributed by atoms with van der Waals surface area (Å²) in [4.78, 5) is 1.21. The molecule has 1 aromatic carbocycles. The first kappa shape index (κ1) is 11.4. The molecule has 0 aliphatic heterocycles. The molecule has 0 heterocycles. The van der Waals surface area contributed by atoms with Crippen molar-refractivity contribution >= 4 is 23.4 Å². The molecule has 0 fully saturated rings. The molecule has 74 valence electrons. The van der Waals surface area contributed by atoms with Crippen LogP contribution in [0.2, 0.25) is 0 Å². The maximum Gasteiger partial charge on any atom is 0.129 e. The molecule has 1 rings (SSSR count). The van der Waals surface area contributed by atoms with Gasteiger partial charge in [0.25, 0.3) is 0 Å². The van der Waals surface area contributed by atoms with Gasteiger partial charge in [-0.3, -0.25) is 0 Å². The van der Waals surface area contributed by atoms with Gasteiger partial charge in [-0.15, -0.1) is 23.4 Å². The third-order valence-corrected chi connectivity index (χ3v) is 3.55. The van der Waals surface area contributed by atoms with E-state index in [0.29, 0.717) is 5.75 Å². The normalized spacial score (nSPS) is 12.1. The van der Waals surface area contributed by atoms with Crippen LogP contribution in [-0.4, -0.2) is 11.1 Å². The predicted molar refractivity (Wildman–Crippen MR) is 61.9 cm³/mol. The minimum Gasteiger partial charge on any atom is -0.197 e. The van der Waals surface area contributed by atoms with Crippen LogP contribution >= 0.6 is 23.4 Å². The zero-order valence-corrected chi connectivity index (χ0v) is 9.82. The molecule has 0 saturated heterocycles. The summed E-state index contributed by atoms with van der Waals surface area (Å²) in [6.45, 7) is 4.13. The third-order valence-electron chi connectivity index (χ3n) is 1.87. The molecule has 0 aliphatic carbocycles. The molecule has 1 atom stereocenters. The number of thioether (sulfide) groups is 1. The minimum atomic E-state index is -0.403. The molecule has 14 heavy (non-hydrogen) atoms. The van der Waals surface area contributed by atoms with Crippen molar-refractivity contribution in [3.63, 3.8) is 0 Å². The van der Waals surface area contributed by atoms with Gasteiger partial charge < -0.3 is 0 Å². The first-order valence-corrected chi connectivity index (χ1v) is 5.79. The molecule has 0 aliphatic rings. The number of hydrogen-bond acceptors (Lipinski definition) is 2. The second kappa shape index (κ2) is 5.29. The van der Waals surface area contributed by atoms with E-state index in [1.54, 1.807) is 11.8 Å². The summed E-state index contributed by atoms with van der Waals surface area (Å²) in [5.41, 5.74) is 2.48. The van der Waals surface area contributed by atoms with E-state index < -0.39 is 5.38 Å². The summed E-state index contributed by atoms with van der Waals surface area (Å²) >= 11 is 7.36. The van der Waals surface area contributed by atoms with Crippen LogP contribution in [0.3, 0.4) is 0 Å². The van der Waals surface area contributed by atoms with E-state index >= 15 is 0 Å². The van der Waals surface area contributed by atoms with Crippen molar-refractivity contribution in [1.29, 1.82) is 5.26 Å². The summed E-state index contributed by atoms with van der Waals surface area (Å²) < 4.78 is 0. The van der Waals surface area contributed by atoms with Crippen molar-refractivity contribution in [3.05, 3.63) is 29.3 Å². The molecule has 0 amide bonds. The Morgan fingerprint density at radius 2 is 2.21 bits per heavy atom. The molecule has 0 saturated carbocycles. The van der Waals surface area contributed by atoms with E-state index in [1.165, 1.54) is 16.0 Å². The zero-order chi connectivity index (χ0) is 10.6. The van der Waals surface area contributed by atoms with E-state index in [2.05, 4.69) is 32.0 Å². The molecular weight excluding hydrogens is 214 g/mol. The Kier molecular flexibility index (Phi) is 4.31. The molecule has 0 N–H and O–H groups in total. The summed E-state index contributed by atoms with van der Waals surface area (Å²) in [7, 11) is 0. The maximum atomic E-state index is 8.54. The molecule has 1 unspecified atom stereocenters. The SMILES string of the molecule is Cc1ccc(C)c(SCC(Cl)C#N)c1. The largest absolute Gasteiger partial charge is 0.197 e. The summed E-state index contributed by atoms with van der Waals surface area (Å²) in [6.07, 6.45) is 0. The first-order chi connectivity index (χ1) is 6.63. The first-order valence-electron chi connectivity index (χ1n) is 4.37. The highest BCUT2D eigenvalue weighted by atomic mass is 35.5. The van der Waals surface area contributed by atoms with Gasteiger partial charge in [0.1, 0.15) is 5.38 Å². The Morgan fingerprint density at radius 3 is 2.86 bits per heavy atom. The number of hydrogen-bond donors (Lipinski definition) is 0. The lowest BCUT2D eigenvalue weighted by Crippen LogP contribution is -1.97. The fourth-order valence-corrected chi connectivity index (χ4v) is 2.22. The molecular formula is C11H12ClNS. The van der Waals surface area contributed by atoms with Crippen LogP contribution in [0.25, 0.3) is 0 Å². The minimum absolute atomic E-state index is 0.403. The average molecular weight is 226 g/mol. The van der Waals surface area contributed by atoms with Gasteiger partial charge in [0.2, 0.25) is 0 Å². The monoisotopic (exact) mass is 225 g/mol. The van der Waals surface area contributed by atoms with Crippen molar-refractivity contribution in [2.24, 2.45) is 0 Å². The quantitative estimate of drug-likeness (QED) is 0.581. The molecule has 0 spiro atoms. The van der Waals surface area contributed by atoms with Crippen molar-refractivity contribution in [2.75, 3.05) is 5.75 Å². The van der Waals surface area contributed by atoms with Gasteiger partial charge in [-0.2, -0.15) is 5.26 Å². The second-order valence-corrected chi connectivity index (χ2v) is 4.77. The highest BCUT2D eigenvalue weighted by molar-refractivity contribution is 7.99. The summed E-state index contributed by atoms with van der Waals surface area (Å²) in [6, 6.07) is 8.32. The van der Waals surface area contributed by atoms with Crippen LogP contribution in [0.4, 0.5) is 0 Å². The highest BCUT2D eigenvalue weighted by Gasteiger charge is 2.05. The van der Waals surface area contributed by atoms with E-state index in [0.717, 1.165) is 0 Å². The van der Waals surface area contributed by atoms with Crippen LogP contribution in [-0.2, 0) is 0 Å². The lowest BCUT2D eigenvalue weighted by atomic mass is 10.2. The second-order valence-electron chi connectivity index (χ2n) is 3.18. The number of nitriles is 1. The number of alkyl halides is 1. The van der Waals surface area contributed by atoms with E-state index in [9.17, 15) is 0 Å². The van der Waals surface area contributed by atoms with Gasteiger partial charge in [-0.25, -0.2) is 0 Å². The Bertz CT molecular complexity index is 357. The number of aryl methyl sites for hydroxylation is 2. The fourth-order valence-electron chi connectivity index (χ4n) is 1.06. The molecule has 1 aromatic rings. The Balaban J connectivity index is 2.67. The maximum absolute atomic E-state index is 8.54. The molecule has 1 nitrogen and oxygen atoms in total. The van der Waals surface area contributed by atoms with Gasteiger partial charge in [-0.1, -0.05) is 17.7 Å². The van der Waals surface area contributed by atoms with Crippen molar-refractivity contribution < 1.29 is 0 Å². The topological polar surface area (TPSA) is 23.8 Å². The molecule has 3 heteroatoms. The van der Waals surface area contributed by atoms with Crippen molar-refractivity contribution in [3.8, 4) is 6.07 Å². The van der Waals surface area contributed by atoms with Crippen LogP contribution < -0.4 is 0 Å². The van der Waals surface area contributed by atoms with Gasteiger partial charge in [0, 0.05) is 10.6 Å². The van der Waals surface area contributed by atoms with E-state index in [-0.39, 0.29) is 0 Å². The summed E-state index contributed by atoms with van der Waals surface area (Å²) in [5, 5.41) is 8.14. The average Bonchev–Trinajstić information content (AvgIpc) is 2.19. The third kappa shape index (κ3) is 3.25. The van der Waals surface area contributed by atoms with Gasteiger partial charge in [-0.05, 0) is 25.5 Å². The van der Waals surface area contributed by atoms with E-state index in [1.807, 2.05) is 6.07 Å². The predicted octanol–water partition coefficient (Wildman–Crippen LogP) is 3.53. The van der Waals surface area contributed by atoms with Crippen LogP contribution in [0.5, 0.6) is 0 Å². The van der Waals surface area contributed by atoms with Crippen molar-refractivity contribution in [2.45, 2.75) is 24.1 Å². The molecule has 0 aromatic heterocycles. The van der Waals surface area contributed by atoms with Gasteiger partial charge in [0.15, 0.2) is 0 Å². The lowest BCUT2D eigenvalue weighted by Gasteiger charge is -2.06. The fraction of sp³-hybridized carbons (Fsp3) is 0.364. The number of nitrogens with zero attached hydrogens (tertiary/aromatic N) is 1. The number of rotatable bonds is 3. The standard InChI is InChI=1S/C11H12ClNS/c1-8-3-4-9(2)11(5-8)14-7-10(12)6-13/h3-5,10H,7H2,1-2H3. The Hall–Kier alpha value is -0.650. The highest BCUT2D eigenvalue weighted by Crippen LogP contribution is 2.24. The van der Waals surface area contributed by atoms with Crippen LogP contribution in [0, 0.1) is 25.2 Å². The summed E-state index contributed by atoms with van der Waals surface area (Å²) in [5.74, 6) is 0.641. The lowest BCUT2D eigenvalue weighted by molar-refractivity contribution is 1.22. The van der Waals surface area contributed by atoms with E-state index in [4.69, 9.17) is 16.9 Å². The smallest absolute Gasteiger partial charge is 0.129 e. The van der Waals surface area contributed by atoms with Crippen LogP contribution in [0.1, 0.15) is 11.1 Å². The van der Waals surface area contributed by atoms with Gasteiger partial charge in [0.05, 0.1) is 6.07 Å². The Morgan fingerprint density at radius 1 is 1.50 bits per heavy atom. The zero-order valence-electron chi connectivity index (χ0n) is 8.25. The van der Waals surface area contributed by atoms with Crippen molar-refractivity contribution in [1.82, 2.24) is 0 Å². The Labute approximate surface area is 94.1 Å². The van der Waals surface area contributed by atoms with Gasteiger partial charge >= 0.3 is 0 Å². The number of halogens is 1. The molecule has 0 bridgehead atoms. The number of benzene rings is 1. The molecule has 0 radical (unpaired) electrons.